The van der Waals surface area contributed by atoms with E-state index < -0.39 is 0 Å². The van der Waals surface area contributed by atoms with Gasteiger partial charge >= 0.3 is 0 Å². The first kappa shape index (κ1) is 15.3. The molecule has 2 unspecified atom stereocenters. The summed E-state index contributed by atoms with van der Waals surface area (Å²) in [4.78, 5) is 14.8. The smallest absolute Gasteiger partial charge is 0.224 e. The van der Waals surface area contributed by atoms with Gasteiger partial charge in [0.1, 0.15) is 5.75 Å². The van der Waals surface area contributed by atoms with Gasteiger partial charge in [0.2, 0.25) is 5.91 Å². The molecule has 2 atom stereocenters. The van der Waals surface area contributed by atoms with Gasteiger partial charge in [0.05, 0.1) is 12.0 Å². The maximum Gasteiger partial charge on any atom is 0.224 e. The minimum atomic E-state index is 0.0378. The number of benzene rings is 1. The van der Waals surface area contributed by atoms with Crippen molar-refractivity contribution in [3.8, 4) is 5.75 Å². The Morgan fingerprint density at radius 1 is 1.55 bits per heavy atom. The summed E-state index contributed by atoms with van der Waals surface area (Å²) in [5, 5.41) is 16.2. The molecular weight excluding hydrogens is 278 g/mol. The minimum Gasteiger partial charge on any atom is -0.508 e. The lowest BCUT2D eigenvalue weighted by Crippen LogP contribution is -2.62. The normalized spacial score (nSPS) is 28.9. The Bertz CT molecular complexity index is 540. The number of amides is 1. The summed E-state index contributed by atoms with van der Waals surface area (Å²) in [6.07, 6.45) is 3.61. The van der Waals surface area contributed by atoms with E-state index in [-0.39, 0.29) is 23.2 Å². The van der Waals surface area contributed by atoms with Crippen LogP contribution in [0, 0.1) is 0 Å². The van der Waals surface area contributed by atoms with Crippen LogP contribution in [0.1, 0.15) is 24.8 Å². The van der Waals surface area contributed by atoms with Crippen molar-refractivity contribution in [3.05, 3.63) is 29.8 Å². The summed E-state index contributed by atoms with van der Waals surface area (Å²) in [7, 11) is 2.16. The van der Waals surface area contributed by atoms with Gasteiger partial charge in [-0.15, -0.1) is 0 Å². The van der Waals surface area contributed by atoms with Gasteiger partial charge in [-0.3, -0.25) is 9.69 Å². The van der Waals surface area contributed by atoms with Gasteiger partial charge < -0.3 is 15.7 Å². The average Bonchev–Trinajstić information content (AvgIpc) is 2.77. The lowest BCUT2D eigenvalue weighted by molar-refractivity contribution is -0.121. The van der Waals surface area contributed by atoms with Crippen LogP contribution in [0.2, 0.25) is 0 Å². The number of likely N-dealkylation sites (N-methyl/N-ethyl adjacent to an activating group) is 1. The molecule has 1 amide bonds. The molecular formula is C17H25N3O2. The fourth-order valence-corrected chi connectivity index (χ4v) is 3.92. The molecule has 0 saturated carbocycles. The summed E-state index contributed by atoms with van der Waals surface area (Å²) in [5.41, 5.74) is 0.909. The Hall–Kier alpha value is -1.59. The molecule has 2 aliphatic heterocycles. The standard InChI is InChI=1S/C17H25N3O2/c1-20-9-6-15(17(20)7-3-8-18-12-17)19-16(22)11-13-4-2-5-14(21)10-13/h2,4-5,10,15,18,21H,3,6-9,11-12H2,1H3,(H,19,22). The van der Waals surface area contributed by atoms with Crippen LogP contribution in [-0.4, -0.2) is 54.2 Å². The molecule has 0 aromatic heterocycles. The summed E-state index contributed by atoms with van der Waals surface area (Å²) in [6.45, 7) is 3.04. The van der Waals surface area contributed by atoms with Crippen LogP contribution in [-0.2, 0) is 11.2 Å². The highest BCUT2D eigenvalue weighted by molar-refractivity contribution is 5.79. The molecule has 5 nitrogen and oxygen atoms in total. The van der Waals surface area contributed by atoms with Gasteiger partial charge in [0, 0.05) is 19.1 Å². The number of piperidine rings is 1. The molecule has 22 heavy (non-hydrogen) atoms. The zero-order chi connectivity index (χ0) is 15.6. The average molecular weight is 303 g/mol. The molecule has 5 heteroatoms. The molecule has 2 heterocycles. The molecule has 0 radical (unpaired) electrons. The van der Waals surface area contributed by atoms with E-state index in [2.05, 4.69) is 22.6 Å². The second-order valence-electron chi connectivity index (χ2n) is 6.56. The van der Waals surface area contributed by atoms with Gasteiger partial charge in [-0.25, -0.2) is 0 Å². The zero-order valence-corrected chi connectivity index (χ0v) is 13.1. The lowest BCUT2D eigenvalue weighted by Gasteiger charge is -2.44. The number of phenols is 1. The molecule has 1 aromatic carbocycles. The highest BCUT2D eigenvalue weighted by atomic mass is 16.3. The van der Waals surface area contributed by atoms with Crippen molar-refractivity contribution in [1.82, 2.24) is 15.5 Å². The number of carbonyl (C=O) groups is 1. The van der Waals surface area contributed by atoms with E-state index >= 15 is 0 Å². The molecule has 3 rings (SSSR count). The third-order valence-electron chi connectivity index (χ3n) is 5.17. The first-order valence-corrected chi connectivity index (χ1v) is 8.09. The first-order chi connectivity index (χ1) is 10.6. The molecule has 0 aliphatic carbocycles. The highest BCUT2D eigenvalue weighted by Gasteiger charge is 2.47. The van der Waals surface area contributed by atoms with E-state index in [0.717, 1.165) is 44.5 Å². The predicted molar refractivity (Wildman–Crippen MR) is 85.8 cm³/mol. The van der Waals surface area contributed by atoms with Gasteiger partial charge in [-0.1, -0.05) is 12.1 Å². The number of rotatable bonds is 3. The van der Waals surface area contributed by atoms with Gasteiger partial charge in [0.15, 0.2) is 0 Å². The van der Waals surface area contributed by atoms with Gasteiger partial charge in [-0.2, -0.15) is 0 Å². The van der Waals surface area contributed by atoms with E-state index in [1.807, 2.05) is 6.07 Å². The number of likely N-dealkylation sites (tertiary alicyclic amines) is 1. The number of carbonyl (C=O) groups excluding carboxylic acids is 1. The molecule has 2 saturated heterocycles. The van der Waals surface area contributed by atoms with Crippen molar-refractivity contribution in [2.45, 2.75) is 37.3 Å². The van der Waals surface area contributed by atoms with Gasteiger partial charge in [-0.05, 0) is 50.6 Å². The molecule has 1 spiro atoms. The molecule has 1 aromatic rings. The summed E-state index contributed by atoms with van der Waals surface area (Å²) in [5.74, 6) is 0.245. The second-order valence-corrected chi connectivity index (χ2v) is 6.56. The van der Waals surface area contributed by atoms with E-state index in [0.29, 0.717) is 6.42 Å². The Kier molecular flexibility index (Phi) is 4.36. The van der Waals surface area contributed by atoms with E-state index in [4.69, 9.17) is 0 Å². The number of hydrogen-bond acceptors (Lipinski definition) is 4. The Labute approximate surface area is 131 Å². The Morgan fingerprint density at radius 2 is 2.41 bits per heavy atom. The fourth-order valence-electron chi connectivity index (χ4n) is 3.92. The molecule has 120 valence electrons. The predicted octanol–water partition coefficient (Wildman–Crippen LogP) is 0.877. The highest BCUT2D eigenvalue weighted by Crippen LogP contribution is 2.34. The largest absolute Gasteiger partial charge is 0.508 e. The number of phenolic OH excluding ortho intramolecular Hbond substituents is 1. The Balaban J connectivity index is 1.65. The zero-order valence-electron chi connectivity index (χ0n) is 13.1. The van der Waals surface area contributed by atoms with E-state index in [9.17, 15) is 9.90 Å². The van der Waals surface area contributed by atoms with Crippen molar-refractivity contribution < 1.29 is 9.90 Å². The summed E-state index contributed by atoms with van der Waals surface area (Å²) in [6, 6.07) is 7.12. The van der Waals surface area contributed by atoms with Crippen molar-refractivity contribution in [1.29, 1.82) is 0 Å². The third kappa shape index (κ3) is 2.96. The monoisotopic (exact) mass is 303 g/mol. The second kappa shape index (κ2) is 6.26. The molecule has 3 N–H and O–H groups in total. The van der Waals surface area contributed by atoms with Crippen LogP contribution in [0.15, 0.2) is 24.3 Å². The number of nitrogens with zero attached hydrogens (tertiary/aromatic N) is 1. The topological polar surface area (TPSA) is 64.6 Å². The van der Waals surface area contributed by atoms with E-state index in [1.165, 1.54) is 0 Å². The number of hydrogen-bond donors (Lipinski definition) is 3. The summed E-state index contributed by atoms with van der Waals surface area (Å²) >= 11 is 0. The maximum absolute atomic E-state index is 12.4. The van der Waals surface area contributed by atoms with Crippen molar-refractivity contribution in [3.63, 3.8) is 0 Å². The molecule has 2 aliphatic rings. The number of aromatic hydroxyl groups is 1. The quantitative estimate of drug-likeness (QED) is 0.775. The lowest BCUT2D eigenvalue weighted by atomic mass is 9.83. The van der Waals surface area contributed by atoms with Crippen LogP contribution < -0.4 is 10.6 Å². The van der Waals surface area contributed by atoms with Crippen LogP contribution in [0.25, 0.3) is 0 Å². The third-order valence-corrected chi connectivity index (χ3v) is 5.17. The number of nitrogens with one attached hydrogen (secondary N) is 2. The molecule has 2 fully saturated rings. The van der Waals surface area contributed by atoms with E-state index in [1.54, 1.807) is 18.2 Å². The van der Waals surface area contributed by atoms with Crippen molar-refractivity contribution >= 4 is 5.91 Å². The SMILES string of the molecule is CN1CCC(NC(=O)Cc2cccc(O)c2)C12CCCNC2. The maximum atomic E-state index is 12.4. The van der Waals surface area contributed by atoms with Crippen LogP contribution >= 0.6 is 0 Å². The molecule has 0 bridgehead atoms. The first-order valence-electron chi connectivity index (χ1n) is 8.09. The van der Waals surface area contributed by atoms with Gasteiger partial charge in [0.25, 0.3) is 0 Å². The van der Waals surface area contributed by atoms with Crippen molar-refractivity contribution in [2.75, 3.05) is 26.7 Å². The van der Waals surface area contributed by atoms with Crippen LogP contribution in [0.5, 0.6) is 5.75 Å². The fraction of sp³-hybridized carbons (Fsp3) is 0.588. The Morgan fingerprint density at radius 3 is 3.14 bits per heavy atom. The van der Waals surface area contributed by atoms with Crippen LogP contribution in [0.3, 0.4) is 0 Å². The van der Waals surface area contributed by atoms with Crippen LogP contribution in [0.4, 0.5) is 0 Å². The minimum absolute atomic E-state index is 0.0378. The van der Waals surface area contributed by atoms with Crippen molar-refractivity contribution in [2.24, 2.45) is 0 Å². The summed E-state index contributed by atoms with van der Waals surface area (Å²) < 4.78 is 0.